The smallest absolute Gasteiger partial charge is 0.411 e. The Morgan fingerprint density at radius 2 is 1.81 bits per heavy atom. The molecular formula is C19H29N3O4. The highest BCUT2D eigenvalue weighted by Crippen LogP contribution is 2.31. The topological polar surface area (TPSA) is 71.1 Å². The molecule has 0 radical (unpaired) electrons. The maximum absolute atomic E-state index is 12.1. The number of piperazine rings is 1. The van der Waals surface area contributed by atoms with Crippen LogP contribution in [0.1, 0.15) is 40.2 Å². The molecule has 0 spiro atoms. The molecule has 0 aliphatic carbocycles. The Bertz CT molecular complexity index is 647. The van der Waals surface area contributed by atoms with Crippen LogP contribution in [0.3, 0.4) is 0 Å². The van der Waals surface area contributed by atoms with Crippen LogP contribution in [-0.4, -0.2) is 48.9 Å². The zero-order chi connectivity index (χ0) is 19.3. The molecule has 0 bridgehead atoms. The summed E-state index contributed by atoms with van der Waals surface area (Å²) in [7, 11) is 0. The van der Waals surface area contributed by atoms with Crippen molar-refractivity contribution in [1.82, 2.24) is 4.90 Å². The van der Waals surface area contributed by atoms with Gasteiger partial charge in [-0.15, -0.1) is 0 Å². The lowest BCUT2D eigenvalue weighted by Crippen LogP contribution is -2.50. The summed E-state index contributed by atoms with van der Waals surface area (Å²) >= 11 is 0. The van der Waals surface area contributed by atoms with Crippen molar-refractivity contribution < 1.29 is 19.1 Å². The quantitative estimate of drug-likeness (QED) is 0.821. The Morgan fingerprint density at radius 1 is 1.15 bits per heavy atom. The predicted molar refractivity (Wildman–Crippen MR) is 102 cm³/mol. The number of benzene rings is 1. The van der Waals surface area contributed by atoms with E-state index in [1.165, 1.54) is 0 Å². The summed E-state index contributed by atoms with van der Waals surface area (Å²) in [6, 6.07) is 5.80. The van der Waals surface area contributed by atoms with E-state index in [1.807, 2.05) is 52.8 Å². The molecule has 2 amide bonds. The third-order valence-corrected chi connectivity index (χ3v) is 4.01. The second-order valence-electron chi connectivity index (χ2n) is 6.96. The molecule has 1 aromatic rings. The molecule has 7 heteroatoms. The SMILES string of the molecule is CC.CC(C)(C)OC(=O)N1CCN(c2cccc3c2COC(=O)N3)CC1. The second-order valence-corrected chi connectivity index (χ2v) is 6.96. The maximum Gasteiger partial charge on any atom is 0.411 e. The number of hydrogen-bond acceptors (Lipinski definition) is 5. The number of hydrogen-bond donors (Lipinski definition) is 1. The summed E-state index contributed by atoms with van der Waals surface area (Å²) in [5.74, 6) is 0. The summed E-state index contributed by atoms with van der Waals surface area (Å²) in [6.07, 6.45) is -0.692. The van der Waals surface area contributed by atoms with Crippen molar-refractivity contribution in [3.8, 4) is 0 Å². The minimum absolute atomic E-state index is 0.267. The number of carbonyl (C=O) groups is 2. The van der Waals surface area contributed by atoms with E-state index in [0.29, 0.717) is 26.2 Å². The number of carbonyl (C=O) groups excluding carboxylic acids is 2. The number of nitrogens with one attached hydrogen (secondary N) is 1. The van der Waals surface area contributed by atoms with Gasteiger partial charge < -0.3 is 19.3 Å². The molecule has 1 fully saturated rings. The van der Waals surface area contributed by atoms with Gasteiger partial charge in [-0.25, -0.2) is 9.59 Å². The number of nitrogens with zero attached hydrogens (tertiary/aromatic N) is 2. The molecule has 2 aliphatic rings. The Morgan fingerprint density at radius 3 is 2.42 bits per heavy atom. The van der Waals surface area contributed by atoms with Crippen LogP contribution in [0.25, 0.3) is 0 Å². The highest BCUT2D eigenvalue weighted by molar-refractivity contribution is 5.89. The van der Waals surface area contributed by atoms with Crippen LogP contribution in [-0.2, 0) is 16.1 Å². The van der Waals surface area contributed by atoms with Crippen molar-refractivity contribution in [3.63, 3.8) is 0 Å². The van der Waals surface area contributed by atoms with Crippen molar-refractivity contribution in [2.24, 2.45) is 0 Å². The van der Waals surface area contributed by atoms with Crippen molar-refractivity contribution >= 4 is 23.6 Å². The van der Waals surface area contributed by atoms with Gasteiger partial charge in [0.1, 0.15) is 12.2 Å². The maximum atomic E-state index is 12.1. The van der Waals surface area contributed by atoms with E-state index < -0.39 is 11.7 Å². The fourth-order valence-electron chi connectivity index (χ4n) is 2.88. The van der Waals surface area contributed by atoms with Gasteiger partial charge in [-0.2, -0.15) is 0 Å². The van der Waals surface area contributed by atoms with Crippen molar-refractivity contribution in [2.45, 2.75) is 46.8 Å². The standard InChI is InChI=1S/C17H23N3O4.C2H6/c1-17(2,3)24-16(22)20-9-7-19(8-10-20)14-6-4-5-13-12(14)11-23-15(21)18-13;1-2/h4-6H,7-11H2,1-3H3,(H,18,21);1-2H3. The predicted octanol–water partition coefficient (Wildman–Crippen LogP) is 3.83. The number of anilines is 2. The van der Waals surface area contributed by atoms with Gasteiger partial charge in [-0.05, 0) is 32.9 Å². The average molecular weight is 363 g/mol. The molecule has 144 valence electrons. The van der Waals surface area contributed by atoms with Gasteiger partial charge >= 0.3 is 12.2 Å². The summed E-state index contributed by atoms with van der Waals surface area (Å²) in [4.78, 5) is 27.4. The molecule has 2 heterocycles. The summed E-state index contributed by atoms with van der Waals surface area (Å²) in [5, 5.41) is 2.72. The third-order valence-electron chi connectivity index (χ3n) is 4.01. The average Bonchev–Trinajstić information content (AvgIpc) is 2.61. The van der Waals surface area contributed by atoms with E-state index in [9.17, 15) is 9.59 Å². The normalized spacial score (nSPS) is 16.6. The molecule has 0 saturated carbocycles. The van der Waals surface area contributed by atoms with E-state index in [0.717, 1.165) is 16.9 Å². The van der Waals surface area contributed by atoms with Crippen molar-refractivity contribution in [1.29, 1.82) is 0 Å². The third kappa shape index (κ3) is 4.80. The lowest BCUT2D eigenvalue weighted by Gasteiger charge is -2.38. The Balaban J connectivity index is 0.00000117. The van der Waals surface area contributed by atoms with E-state index >= 15 is 0 Å². The van der Waals surface area contributed by atoms with Crippen LogP contribution >= 0.6 is 0 Å². The number of cyclic esters (lactones) is 1. The van der Waals surface area contributed by atoms with Crippen LogP contribution in [0, 0.1) is 0 Å². The number of rotatable bonds is 1. The lowest BCUT2D eigenvalue weighted by molar-refractivity contribution is 0.0240. The van der Waals surface area contributed by atoms with Crippen LogP contribution < -0.4 is 10.2 Å². The first-order valence-corrected chi connectivity index (χ1v) is 9.12. The largest absolute Gasteiger partial charge is 0.444 e. The first-order valence-electron chi connectivity index (χ1n) is 9.12. The Hall–Kier alpha value is -2.44. The molecule has 3 rings (SSSR count). The van der Waals surface area contributed by atoms with Gasteiger partial charge in [-0.1, -0.05) is 19.9 Å². The van der Waals surface area contributed by atoms with Crippen LogP contribution in [0.15, 0.2) is 18.2 Å². The van der Waals surface area contributed by atoms with Crippen LogP contribution in [0.5, 0.6) is 0 Å². The van der Waals surface area contributed by atoms with Gasteiger partial charge in [0.2, 0.25) is 0 Å². The van der Waals surface area contributed by atoms with Gasteiger partial charge in [0.25, 0.3) is 0 Å². The van der Waals surface area contributed by atoms with E-state index in [-0.39, 0.29) is 12.7 Å². The molecule has 1 aromatic carbocycles. The number of ether oxygens (including phenoxy) is 2. The van der Waals surface area contributed by atoms with Gasteiger partial charge in [0.05, 0.1) is 5.69 Å². The molecule has 0 atom stereocenters. The van der Waals surface area contributed by atoms with E-state index in [2.05, 4.69) is 10.2 Å². The molecular weight excluding hydrogens is 334 g/mol. The monoisotopic (exact) mass is 363 g/mol. The van der Waals surface area contributed by atoms with Gasteiger partial charge in [-0.3, -0.25) is 5.32 Å². The Labute approximate surface area is 155 Å². The summed E-state index contributed by atoms with van der Waals surface area (Å²) in [5.41, 5.74) is 2.32. The van der Waals surface area contributed by atoms with Crippen LogP contribution in [0.4, 0.5) is 21.0 Å². The lowest BCUT2D eigenvalue weighted by atomic mass is 10.1. The molecule has 0 unspecified atom stereocenters. The molecule has 0 aromatic heterocycles. The van der Waals surface area contributed by atoms with Gasteiger partial charge in [0, 0.05) is 37.4 Å². The van der Waals surface area contributed by atoms with Crippen molar-refractivity contribution in [2.75, 3.05) is 36.4 Å². The van der Waals surface area contributed by atoms with Crippen molar-refractivity contribution in [3.05, 3.63) is 23.8 Å². The van der Waals surface area contributed by atoms with E-state index in [4.69, 9.17) is 9.47 Å². The zero-order valence-corrected chi connectivity index (χ0v) is 16.3. The first-order chi connectivity index (χ1) is 12.3. The number of fused-ring (bicyclic) bond motifs is 1. The molecule has 2 aliphatic heterocycles. The molecule has 1 N–H and O–H groups in total. The molecule has 1 saturated heterocycles. The molecule has 26 heavy (non-hydrogen) atoms. The summed E-state index contributed by atoms with van der Waals surface area (Å²) in [6.45, 7) is 12.5. The minimum atomic E-state index is -0.484. The van der Waals surface area contributed by atoms with E-state index in [1.54, 1.807) is 4.90 Å². The zero-order valence-electron chi connectivity index (χ0n) is 16.3. The first kappa shape index (κ1) is 19.9. The second kappa shape index (κ2) is 8.29. The van der Waals surface area contributed by atoms with Crippen LogP contribution in [0.2, 0.25) is 0 Å². The van der Waals surface area contributed by atoms with Gasteiger partial charge in [0.15, 0.2) is 0 Å². The fraction of sp³-hybridized carbons (Fsp3) is 0.579. The minimum Gasteiger partial charge on any atom is -0.444 e. The highest BCUT2D eigenvalue weighted by Gasteiger charge is 2.28. The Kier molecular flexibility index (Phi) is 6.34. The number of amides is 2. The molecule has 7 nitrogen and oxygen atoms in total. The highest BCUT2D eigenvalue weighted by atomic mass is 16.6. The fourth-order valence-corrected chi connectivity index (χ4v) is 2.88. The summed E-state index contributed by atoms with van der Waals surface area (Å²) < 4.78 is 10.5.